The molecule has 0 aliphatic rings. The molecule has 1 aromatic heterocycles. The maximum Gasteiger partial charge on any atom is 0.416 e. The van der Waals surface area contributed by atoms with Crippen LogP contribution in [0.1, 0.15) is 27.4 Å². The molecule has 0 bridgehead atoms. The summed E-state index contributed by atoms with van der Waals surface area (Å²) in [5, 5.41) is 14.5. The number of esters is 1. The Labute approximate surface area is 161 Å². The molecule has 0 aliphatic carbocycles. The van der Waals surface area contributed by atoms with Crippen molar-refractivity contribution in [2.24, 2.45) is 0 Å². The molecular weight excluding hydrogens is 395 g/mol. The number of nitro groups is 1. The molecule has 0 fully saturated rings. The molecule has 0 spiro atoms. The summed E-state index contributed by atoms with van der Waals surface area (Å²) in [5.41, 5.74) is -0.678. The Kier molecular flexibility index (Phi) is 5.31. The molecule has 0 aliphatic heterocycles. The van der Waals surface area contributed by atoms with Crippen molar-refractivity contribution in [2.45, 2.75) is 19.7 Å². The largest absolute Gasteiger partial charge is 0.452 e. The number of rotatable bonds is 5. The highest BCUT2D eigenvalue weighted by molar-refractivity contribution is 5.90. The van der Waals surface area contributed by atoms with Crippen molar-refractivity contribution < 1.29 is 32.1 Å². The number of aryl methyl sites for hydroxylation is 1. The zero-order chi connectivity index (χ0) is 21.2. The van der Waals surface area contributed by atoms with Crippen LogP contribution in [-0.2, 0) is 17.5 Å². The summed E-state index contributed by atoms with van der Waals surface area (Å²) in [4.78, 5) is 26.3. The van der Waals surface area contributed by atoms with E-state index in [0.29, 0.717) is 5.56 Å². The van der Waals surface area contributed by atoms with Crippen molar-refractivity contribution >= 4 is 11.7 Å². The Morgan fingerprint density at radius 2 is 2.00 bits per heavy atom. The SMILES string of the molecule is Cc1ccc(C(=O)OCc2nc(-c3cccc(C(F)(F)F)c3)no2)cc1[N+](=O)[O-]. The first-order valence-corrected chi connectivity index (χ1v) is 8.07. The van der Waals surface area contributed by atoms with Crippen molar-refractivity contribution in [1.82, 2.24) is 10.1 Å². The van der Waals surface area contributed by atoms with Crippen molar-refractivity contribution in [1.29, 1.82) is 0 Å². The number of halogens is 3. The molecule has 0 unspecified atom stereocenters. The van der Waals surface area contributed by atoms with Crippen LogP contribution in [0.3, 0.4) is 0 Å². The number of carbonyl (C=O) groups excluding carboxylic acids is 1. The highest BCUT2D eigenvalue weighted by atomic mass is 19.4. The Morgan fingerprint density at radius 1 is 1.24 bits per heavy atom. The Bertz CT molecular complexity index is 1080. The minimum absolute atomic E-state index is 0.0417. The van der Waals surface area contributed by atoms with E-state index in [2.05, 4.69) is 10.1 Å². The summed E-state index contributed by atoms with van der Waals surface area (Å²) in [6.45, 7) is 1.08. The number of ether oxygens (including phenoxy) is 1. The number of aromatic nitrogens is 2. The Hall–Kier alpha value is -3.76. The van der Waals surface area contributed by atoms with E-state index in [1.807, 2.05) is 0 Å². The van der Waals surface area contributed by atoms with Crippen LogP contribution < -0.4 is 0 Å². The zero-order valence-corrected chi connectivity index (χ0v) is 14.8. The van der Waals surface area contributed by atoms with Gasteiger partial charge < -0.3 is 9.26 Å². The van der Waals surface area contributed by atoms with Gasteiger partial charge in [0.1, 0.15) is 0 Å². The van der Waals surface area contributed by atoms with Crippen LogP contribution in [0.4, 0.5) is 18.9 Å². The van der Waals surface area contributed by atoms with E-state index in [4.69, 9.17) is 9.26 Å². The number of nitrogens with zero attached hydrogens (tertiary/aromatic N) is 3. The third-order valence-electron chi connectivity index (χ3n) is 3.88. The summed E-state index contributed by atoms with van der Waals surface area (Å²) in [6.07, 6.45) is -4.52. The van der Waals surface area contributed by atoms with E-state index in [-0.39, 0.29) is 28.5 Å². The van der Waals surface area contributed by atoms with Gasteiger partial charge in [-0.1, -0.05) is 23.4 Å². The van der Waals surface area contributed by atoms with Gasteiger partial charge in [0.05, 0.1) is 16.1 Å². The molecule has 0 atom stereocenters. The van der Waals surface area contributed by atoms with Gasteiger partial charge in [-0.2, -0.15) is 18.2 Å². The first-order valence-electron chi connectivity index (χ1n) is 8.07. The molecule has 150 valence electrons. The third-order valence-corrected chi connectivity index (χ3v) is 3.88. The van der Waals surface area contributed by atoms with E-state index < -0.39 is 29.2 Å². The van der Waals surface area contributed by atoms with E-state index in [9.17, 15) is 28.1 Å². The molecule has 29 heavy (non-hydrogen) atoms. The highest BCUT2D eigenvalue weighted by Crippen LogP contribution is 2.31. The zero-order valence-electron chi connectivity index (χ0n) is 14.8. The molecule has 0 N–H and O–H groups in total. The number of hydrogen-bond donors (Lipinski definition) is 0. The van der Waals surface area contributed by atoms with Gasteiger partial charge in [-0.3, -0.25) is 10.1 Å². The lowest BCUT2D eigenvalue weighted by atomic mass is 10.1. The fourth-order valence-corrected chi connectivity index (χ4v) is 2.41. The van der Waals surface area contributed by atoms with E-state index >= 15 is 0 Å². The maximum absolute atomic E-state index is 12.8. The second-order valence-corrected chi connectivity index (χ2v) is 5.92. The molecule has 8 nitrogen and oxygen atoms in total. The maximum atomic E-state index is 12.8. The van der Waals surface area contributed by atoms with E-state index in [1.165, 1.54) is 31.2 Å². The third kappa shape index (κ3) is 4.57. The fourth-order valence-electron chi connectivity index (χ4n) is 2.41. The number of carbonyl (C=O) groups is 1. The van der Waals surface area contributed by atoms with Gasteiger partial charge in [-0.25, -0.2) is 4.79 Å². The Morgan fingerprint density at radius 3 is 2.69 bits per heavy atom. The van der Waals surface area contributed by atoms with Gasteiger partial charge >= 0.3 is 12.1 Å². The lowest BCUT2D eigenvalue weighted by Crippen LogP contribution is -2.06. The molecule has 3 aromatic rings. The van der Waals surface area contributed by atoms with Crippen LogP contribution >= 0.6 is 0 Å². The lowest BCUT2D eigenvalue weighted by molar-refractivity contribution is -0.385. The molecule has 0 saturated heterocycles. The summed E-state index contributed by atoms with van der Waals surface area (Å²) in [6, 6.07) is 8.22. The van der Waals surface area contributed by atoms with E-state index in [0.717, 1.165) is 18.2 Å². The normalized spacial score (nSPS) is 11.3. The van der Waals surface area contributed by atoms with Crippen molar-refractivity contribution in [3.8, 4) is 11.4 Å². The molecule has 0 radical (unpaired) electrons. The topological polar surface area (TPSA) is 108 Å². The molecule has 2 aromatic carbocycles. The smallest absolute Gasteiger partial charge is 0.416 e. The van der Waals surface area contributed by atoms with Crippen LogP contribution in [-0.4, -0.2) is 21.0 Å². The van der Waals surface area contributed by atoms with E-state index in [1.54, 1.807) is 0 Å². The average Bonchev–Trinajstić information content (AvgIpc) is 3.15. The van der Waals surface area contributed by atoms with Gasteiger partial charge in [0.2, 0.25) is 5.82 Å². The van der Waals surface area contributed by atoms with Crippen molar-refractivity contribution in [3.63, 3.8) is 0 Å². The predicted molar refractivity (Wildman–Crippen MR) is 91.7 cm³/mol. The summed E-state index contributed by atoms with van der Waals surface area (Å²) in [7, 11) is 0. The number of benzene rings is 2. The molecule has 11 heteroatoms. The number of alkyl halides is 3. The van der Waals surface area contributed by atoms with Gasteiger partial charge in [-0.15, -0.1) is 0 Å². The summed E-state index contributed by atoms with van der Waals surface area (Å²) in [5.74, 6) is -1.10. The van der Waals surface area contributed by atoms with Crippen LogP contribution in [0.5, 0.6) is 0 Å². The van der Waals surface area contributed by atoms with Crippen LogP contribution in [0.2, 0.25) is 0 Å². The molecule has 0 amide bonds. The van der Waals surface area contributed by atoms with Gasteiger partial charge in [0, 0.05) is 17.2 Å². The standard InChI is InChI=1S/C18H12F3N3O5/c1-10-5-6-12(8-14(10)24(26)27)17(25)28-9-15-22-16(23-29-15)11-3-2-4-13(7-11)18(19,20)21/h2-8H,9H2,1H3. The highest BCUT2D eigenvalue weighted by Gasteiger charge is 2.30. The quantitative estimate of drug-likeness (QED) is 0.352. The lowest BCUT2D eigenvalue weighted by Gasteiger charge is -2.06. The van der Waals surface area contributed by atoms with Crippen LogP contribution in [0.25, 0.3) is 11.4 Å². The first-order chi connectivity index (χ1) is 13.6. The predicted octanol–water partition coefficient (Wildman–Crippen LogP) is 4.33. The fraction of sp³-hybridized carbons (Fsp3) is 0.167. The number of nitro benzene ring substituents is 1. The molecular formula is C18H12F3N3O5. The Balaban J connectivity index is 1.71. The minimum Gasteiger partial charge on any atom is -0.452 e. The molecule has 1 heterocycles. The van der Waals surface area contributed by atoms with Crippen molar-refractivity contribution in [3.05, 3.63) is 75.2 Å². The first kappa shape index (κ1) is 20.0. The second kappa shape index (κ2) is 7.70. The number of hydrogen-bond acceptors (Lipinski definition) is 7. The minimum atomic E-state index is -4.52. The second-order valence-electron chi connectivity index (χ2n) is 5.92. The molecule has 3 rings (SSSR count). The van der Waals surface area contributed by atoms with Crippen molar-refractivity contribution in [2.75, 3.05) is 0 Å². The monoisotopic (exact) mass is 407 g/mol. The molecule has 0 saturated carbocycles. The van der Waals surface area contributed by atoms with Gasteiger partial charge in [0.15, 0.2) is 6.61 Å². The van der Waals surface area contributed by atoms with Crippen LogP contribution in [0, 0.1) is 17.0 Å². The summed E-state index contributed by atoms with van der Waals surface area (Å²) < 4.78 is 48.3. The van der Waals surface area contributed by atoms with Crippen LogP contribution in [0.15, 0.2) is 47.0 Å². The summed E-state index contributed by atoms with van der Waals surface area (Å²) >= 11 is 0. The van der Waals surface area contributed by atoms with Gasteiger partial charge in [-0.05, 0) is 25.1 Å². The van der Waals surface area contributed by atoms with Gasteiger partial charge in [0.25, 0.3) is 11.6 Å². The average molecular weight is 407 g/mol.